The highest BCUT2D eigenvalue weighted by atomic mass is 79.9. The fourth-order valence-corrected chi connectivity index (χ4v) is 4.34. The van der Waals surface area contributed by atoms with Gasteiger partial charge in [0.1, 0.15) is 0 Å². The Bertz CT molecular complexity index is 469. The molecule has 0 radical (unpaired) electrons. The van der Waals surface area contributed by atoms with E-state index in [-0.39, 0.29) is 4.90 Å². The number of rotatable bonds is 5. The number of alkyl halides is 2. The number of benzene rings is 1. The summed E-state index contributed by atoms with van der Waals surface area (Å²) in [5.74, 6) is 0. The Balaban J connectivity index is 3.00. The van der Waals surface area contributed by atoms with E-state index < -0.39 is 15.6 Å². The van der Waals surface area contributed by atoms with E-state index in [1.165, 1.54) is 0 Å². The average molecular weight is 450 g/mol. The van der Waals surface area contributed by atoms with Crippen LogP contribution >= 0.6 is 47.8 Å². The molecule has 96 valence electrons. The maximum absolute atomic E-state index is 12.1. The summed E-state index contributed by atoms with van der Waals surface area (Å²) in [6, 6.07) is 6.53. The van der Waals surface area contributed by atoms with Crippen molar-refractivity contribution in [2.24, 2.45) is 0 Å². The normalized spacial score (nSPS) is 12.7. The molecule has 0 aliphatic heterocycles. The van der Waals surface area contributed by atoms with Gasteiger partial charge in [-0.15, -0.1) is 0 Å². The summed E-state index contributed by atoms with van der Waals surface area (Å²) in [4.78, 5) is 0.258. The Morgan fingerprint density at radius 1 is 1.18 bits per heavy atom. The third-order valence-electron chi connectivity index (χ3n) is 2.09. The first-order valence-electron chi connectivity index (χ1n) is 4.74. The van der Waals surface area contributed by atoms with Crippen LogP contribution in [-0.2, 0) is 10.0 Å². The Hall–Kier alpha value is 0.570. The van der Waals surface area contributed by atoms with E-state index in [4.69, 9.17) is 0 Å². The molecule has 1 aromatic carbocycles. The lowest BCUT2D eigenvalue weighted by atomic mass is 10.1. The van der Waals surface area contributed by atoms with Crippen molar-refractivity contribution < 1.29 is 8.42 Å². The Kier molecular flexibility index (Phi) is 5.65. The molecule has 0 aliphatic carbocycles. The second-order valence-electron chi connectivity index (χ2n) is 3.89. The summed E-state index contributed by atoms with van der Waals surface area (Å²) >= 11 is 9.88. The zero-order valence-electron chi connectivity index (χ0n) is 9.08. The molecule has 7 heteroatoms. The van der Waals surface area contributed by atoms with Gasteiger partial charge in [-0.1, -0.05) is 47.8 Å². The zero-order chi connectivity index (χ0) is 13.1. The van der Waals surface area contributed by atoms with Crippen LogP contribution in [-0.4, -0.2) is 24.6 Å². The van der Waals surface area contributed by atoms with E-state index in [1.807, 2.05) is 6.92 Å². The van der Waals surface area contributed by atoms with Crippen LogP contribution in [0.4, 0.5) is 0 Å². The van der Waals surface area contributed by atoms with Crippen LogP contribution in [0.2, 0.25) is 0 Å². The van der Waals surface area contributed by atoms with Crippen LogP contribution in [0.25, 0.3) is 0 Å². The number of nitrogens with one attached hydrogen (secondary N) is 1. The van der Waals surface area contributed by atoms with Gasteiger partial charge in [0.05, 0.1) is 4.90 Å². The van der Waals surface area contributed by atoms with E-state index in [2.05, 4.69) is 52.5 Å². The maximum Gasteiger partial charge on any atom is 0.241 e. The monoisotopic (exact) mass is 447 g/mol. The van der Waals surface area contributed by atoms with Crippen LogP contribution in [0, 0.1) is 0 Å². The highest BCUT2D eigenvalue weighted by molar-refractivity contribution is 9.10. The highest BCUT2D eigenvalue weighted by Gasteiger charge is 2.28. The van der Waals surface area contributed by atoms with Crippen LogP contribution in [0.3, 0.4) is 0 Å². The number of sulfonamides is 1. The first kappa shape index (κ1) is 15.6. The molecule has 0 atom stereocenters. The molecule has 0 amide bonds. The molecule has 0 heterocycles. The Labute approximate surface area is 127 Å². The van der Waals surface area contributed by atoms with E-state index in [0.29, 0.717) is 10.7 Å². The molecule has 0 unspecified atom stereocenters. The van der Waals surface area contributed by atoms with Crippen molar-refractivity contribution in [1.29, 1.82) is 0 Å². The van der Waals surface area contributed by atoms with Gasteiger partial charge in [0, 0.05) is 20.7 Å². The zero-order valence-corrected chi connectivity index (χ0v) is 14.7. The predicted octanol–water partition coefficient (Wildman–Crippen LogP) is 3.28. The van der Waals surface area contributed by atoms with Gasteiger partial charge in [-0.25, -0.2) is 13.1 Å². The number of hydrogen-bond donors (Lipinski definition) is 1. The van der Waals surface area contributed by atoms with Crippen molar-refractivity contribution in [3.8, 4) is 0 Å². The summed E-state index contributed by atoms with van der Waals surface area (Å²) in [5.41, 5.74) is -0.550. The van der Waals surface area contributed by atoms with Crippen molar-refractivity contribution in [3.05, 3.63) is 28.7 Å². The van der Waals surface area contributed by atoms with Gasteiger partial charge >= 0.3 is 0 Å². The molecule has 0 bridgehead atoms. The molecule has 3 nitrogen and oxygen atoms in total. The fraction of sp³-hybridized carbons (Fsp3) is 0.400. The van der Waals surface area contributed by atoms with Crippen LogP contribution < -0.4 is 4.72 Å². The molecule has 1 N–H and O–H groups in total. The van der Waals surface area contributed by atoms with Gasteiger partial charge in [-0.3, -0.25) is 0 Å². The van der Waals surface area contributed by atoms with Crippen molar-refractivity contribution in [3.63, 3.8) is 0 Å². The van der Waals surface area contributed by atoms with Gasteiger partial charge in [0.2, 0.25) is 10.0 Å². The van der Waals surface area contributed by atoms with Crippen molar-refractivity contribution >= 4 is 57.8 Å². The van der Waals surface area contributed by atoms with E-state index >= 15 is 0 Å². The molecule has 1 aromatic rings. The number of hydrogen-bond acceptors (Lipinski definition) is 2. The van der Waals surface area contributed by atoms with E-state index in [0.717, 1.165) is 4.47 Å². The lowest BCUT2D eigenvalue weighted by Crippen LogP contribution is -2.48. The lowest BCUT2D eigenvalue weighted by molar-refractivity contribution is 0.509. The molecule has 0 saturated heterocycles. The van der Waals surface area contributed by atoms with E-state index in [1.54, 1.807) is 24.3 Å². The lowest BCUT2D eigenvalue weighted by Gasteiger charge is -2.25. The third kappa shape index (κ3) is 4.31. The Morgan fingerprint density at radius 3 is 2.06 bits per heavy atom. The molecule has 0 aromatic heterocycles. The summed E-state index contributed by atoms with van der Waals surface area (Å²) in [6.45, 7) is 1.83. The molecule has 1 rings (SSSR count). The highest BCUT2D eigenvalue weighted by Crippen LogP contribution is 2.19. The van der Waals surface area contributed by atoms with Gasteiger partial charge in [-0.2, -0.15) is 0 Å². The molecule has 0 fully saturated rings. The average Bonchev–Trinajstić information content (AvgIpc) is 2.29. The van der Waals surface area contributed by atoms with Crippen molar-refractivity contribution in [1.82, 2.24) is 4.72 Å². The van der Waals surface area contributed by atoms with Crippen LogP contribution in [0.5, 0.6) is 0 Å². The number of halogens is 3. The standard InChI is InChI=1S/C10H12Br3NO2S/c1-10(6-11,7-12)14-17(15,16)9-4-2-8(13)3-5-9/h2-5,14H,6-7H2,1H3. The van der Waals surface area contributed by atoms with Crippen LogP contribution in [0.15, 0.2) is 33.6 Å². The minimum Gasteiger partial charge on any atom is -0.207 e. The fourth-order valence-electron chi connectivity index (χ4n) is 1.09. The summed E-state index contributed by atoms with van der Waals surface area (Å²) in [5, 5.41) is 1.06. The first-order valence-corrected chi connectivity index (χ1v) is 9.26. The molecule has 0 spiro atoms. The minimum atomic E-state index is -3.49. The molecule has 0 saturated carbocycles. The minimum absolute atomic E-state index is 0.258. The smallest absolute Gasteiger partial charge is 0.207 e. The second-order valence-corrected chi connectivity index (χ2v) is 7.61. The topological polar surface area (TPSA) is 46.2 Å². The van der Waals surface area contributed by atoms with Gasteiger partial charge in [0.15, 0.2) is 0 Å². The molecule has 17 heavy (non-hydrogen) atoms. The van der Waals surface area contributed by atoms with E-state index in [9.17, 15) is 8.42 Å². The molecular weight excluding hydrogens is 438 g/mol. The summed E-state index contributed by atoms with van der Waals surface area (Å²) in [6.07, 6.45) is 0. The van der Waals surface area contributed by atoms with Gasteiger partial charge in [0.25, 0.3) is 0 Å². The quantitative estimate of drug-likeness (QED) is 0.701. The van der Waals surface area contributed by atoms with Gasteiger partial charge < -0.3 is 0 Å². The largest absolute Gasteiger partial charge is 0.241 e. The van der Waals surface area contributed by atoms with Gasteiger partial charge in [-0.05, 0) is 31.2 Å². The first-order chi connectivity index (χ1) is 7.83. The summed E-state index contributed by atoms with van der Waals surface area (Å²) < 4.78 is 27.7. The van der Waals surface area contributed by atoms with Crippen molar-refractivity contribution in [2.75, 3.05) is 10.7 Å². The third-order valence-corrected chi connectivity index (χ3v) is 6.75. The predicted molar refractivity (Wildman–Crippen MR) is 80.5 cm³/mol. The van der Waals surface area contributed by atoms with Crippen molar-refractivity contribution in [2.45, 2.75) is 17.4 Å². The van der Waals surface area contributed by atoms with Crippen LogP contribution in [0.1, 0.15) is 6.92 Å². The molecular formula is C10H12Br3NO2S. The maximum atomic E-state index is 12.1. The summed E-state index contributed by atoms with van der Waals surface area (Å²) in [7, 11) is -3.49. The Morgan fingerprint density at radius 2 is 1.65 bits per heavy atom. The SMILES string of the molecule is CC(CBr)(CBr)NS(=O)(=O)c1ccc(Br)cc1. The molecule has 0 aliphatic rings. The second kappa shape index (κ2) is 6.14.